The lowest BCUT2D eigenvalue weighted by molar-refractivity contribution is 0.0706. The number of rotatable bonds is 15. The monoisotopic (exact) mass is 741 g/mol. The molecule has 0 spiro atoms. The maximum atomic E-state index is 16.4. The van der Waals surface area contributed by atoms with Crippen molar-refractivity contribution in [2.75, 3.05) is 26.0 Å². The van der Waals surface area contributed by atoms with Gasteiger partial charge in [-0.2, -0.15) is 4.98 Å². The number of hydrogen-bond donors (Lipinski definition) is 4. The molecule has 13 heteroatoms. The fourth-order valence-corrected chi connectivity index (χ4v) is 8.52. The van der Waals surface area contributed by atoms with E-state index in [4.69, 9.17) is 22.7 Å². The van der Waals surface area contributed by atoms with Crippen LogP contribution in [0.15, 0.2) is 46.2 Å². The van der Waals surface area contributed by atoms with Crippen molar-refractivity contribution in [1.82, 2.24) is 24.8 Å². The molecule has 8 nitrogen and oxygen atoms in total. The van der Waals surface area contributed by atoms with Crippen LogP contribution in [0.3, 0.4) is 0 Å². The number of nitrogens with two attached hydrogens (primary N) is 1. The molecular weight excluding hydrogens is 695 g/mol. The highest BCUT2D eigenvalue weighted by Crippen LogP contribution is 2.42. The van der Waals surface area contributed by atoms with Crippen molar-refractivity contribution in [3.8, 4) is 16.9 Å². The predicted octanol–water partition coefficient (Wildman–Crippen LogP) is 8.33. The van der Waals surface area contributed by atoms with Crippen molar-refractivity contribution >= 4 is 40.2 Å². The second-order valence-corrected chi connectivity index (χ2v) is 15.2. The van der Waals surface area contributed by atoms with E-state index in [1.807, 2.05) is 6.26 Å². The van der Waals surface area contributed by atoms with E-state index in [1.54, 1.807) is 37.4 Å². The smallest absolute Gasteiger partial charge is 0.354 e. The molecule has 6 rings (SSSR count). The Morgan fingerprint density at radius 1 is 1.18 bits per heavy atom. The van der Waals surface area contributed by atoms with E-state index < -0.39 is 24.0 Å². The molecule has 2 aliphatic rings. The van der Waals surface area contributed by atoms with Crippen LogP contribution in [0, 0.1) is 23.0 Å². The summed E-state index contributed by atoms with van der Waals surface area (Å²) in [6.07, 6.45) is 12.0. The molecule has 0 unspecified atom stereocenters. The van der Waals surface area contributed by atoms with Crippen molar-refractivity contribution in [3.05, 3.63) is 74.8 Å². The van der Waals surface area contributed by atoms with E-state index in [0.29, 0.717) is 64.9 Å². The number of amidine groups is 1. The largest absolute Gasteiger partial charge is 0.374 e. The summed E-state index contributed by atoms with van der Waals surface area (Å²) in [4.78, 5) is 23.6. The number of nitrogens with zero attached hydrogens (tertiary/aromatic N) is 3. The molecule has 1 saturated carbocycles. The van der Waals surface area contributed by atoms with Gasteiger partial charge in [0.25, 0.3) is 0 Å². The molecule has 1 aliphatic carbocycles. The van der Waals surface area contributed by atoms with Crippen LogP contribution in [0.1, 0.15) is 81.9 Å². The normalized spacial score (nSPS) is 18.7. The number of alkyl halides is 1. The van der Waals surface area contributed by atoms with Crippen molar-refractivity contribution in [2.45, 2.75) is 94.2 Å². The zero-order chi connectivity index (χ0) is 36.2. The van der Waals surface area contributed by atoms with Crippen LogP contribution >= 0.6 is 23.4 Å². The van der Waals surface area contributed by atoms with Gasteiger partial charge in [-0.25, -0.2) is 13.6 Å². The molecule has 0 amide bonds. The second-order valence-electron chi connectivity index (χ2n) is 14.0. The third kappa shape index (κ3) is 8.67. The Bertz CT molecular complexity index is 1930. The predicted molar refractivity (Wildman–Crippen MR) is 201 cm³/mol. The first kappa shape index (κ1) is 37.4. The molecule has 3 atom stereocenters. The first-order chi connectivity index (χ1) is 24.6. The molecule has 0 bridgehead atoms. The first-order valence-electron chi connectivity index (χ1n) is 17.9. The van der Waals surface area contributed by atoms with Crippen LogP contribution in [0.2, 0.25) is 5.02 Å². The van der Waals surface area contributed by atoms with Crippen LogP contribution in [0.5, 0.6) is 0 Å². The van der Waals surface area contributed by atoms with Crippen LogP contribution < -0.4 is 16.7 Å². The highest BCUT2D eigenvalue weighted by Gasteiger charge is 2.34. The lowest BCUT2D eigenvalue weighted by Gasteiger charge is -2.43. The van der Waals surface area contributed by atoms with E-state index >= 15 is 8.78 Å². The standard InChI is InChI=1S/C38H47ClF3N7OS/c1-22(43)45-14-12-26-7-4-9-33(48(26)15-5-13-40)35-30(41)19-27(20-34(35)51-2)49-21-25-18-32(46-37(25)47-38(49)50)28-16-23(17-29(39)36(28)42)6-3-8-31(44)24-10-11-24/h16-21,24,26,31,33H,3-15,44H2,1-2H3,(H2,43,45)(H,46,47,50)/t26-,31+,33-/m0/s1. The average molecular weight is 742 g/mol. The van der Waals surface area contributed by atoms with E-state index in [1.165, 1.54) is 35.2 Å². The Balaban J connectivity index is 1.29. The maximum absolute atomic E-state index is 16.4. The highest BCUT2D eigenvalue weighted by atomic mass is 35.5. The Morgan fingerprint density at radius 2 is 1.98 bits per heavy atom. The van der Waals surface area contributed by atoms with Gasteiger partial charge in [-0.05, 0) is 119 Å². The van der Waals surface area contributed by atoms with Crippen LogP contribution in [-0.2, 0) is 6.42 Å². The lowest BCUT2D eigenvalue weighted by atomic mass is 9.88. The average Bonchev–Trinajstić information content (AvgIpc) is 3.88. The van der Waals surface area contributed by atoms with Gasteiger partial charge in [-0.3, -0.25) is 19.3 Å². The molecule has 274 valence electrons. The Labute approximate surface area is 306 Å². The maximum Gasteiger partial charge on any atom is 0.354 e. The fraction of sp³-hybridized carbons (Fsp3) is 0.500. The summed E-state index contributed by atoms with van der Waals surface area (Å²) in [5, 5.41) is 11.3. The van der Waals surface area contributed by atoms with Gasteiger partial charge in [0.15, 0.2) is 5.82 Å². The number of piperidine rings is 1. The van der Waals surface area contributed by atoms with Crippen LogP contribution in [0.4, 0.5) is 13.2 Å². The van der Waals surface area contributed by atoms with Gasteiger partial charge in [-0.1, -0.05) is 11.6 Å². The summed E-state index contributed by atoms with van der Waals surface area (Å²) in [5.74, 6) is 0.0146. The Kier molecular flexibility index (Phi) is 12.2. The molecular formula is C38H47ClF3N7OS. The minimum Gasteiger partial charge on any atom is -0.374 e. The van der Waals surface area contributed by atoms with Crippen molar-refractivity contribution < 1.29 is 13.2 Å². The van der Waals surface area contributed by atoms with E-state index in [2.05, 4.69) is 20.2 Å². The number of thioether (sulfide) groups is 1. The third-order valence-electron chi connectivity index (χ3n) is 10.3. The molecule has 3 heterocycles. The number of aromatic nitrogens is 3. The number of hydrogen-bond acceptors (Lipinski definition) is 6. The topological polar surface area (TPSA) is 116 Å². The summed E-state index contributed by atoms with van der Waals surface area (Å²) < 4.78 is 46.5. The summed E-state index contributed by atoms with van der Waals surface area (Å²) >= 11 is 7.74. The van der Waals surface area contributed by atoms with Gasteiger partial charge >= 0.3 is 5.69 Å². The van der Waals surface area contributed by atoms with Gasteiger partial charge in [0, 0.05) is 58.8 Å². The highest BCUT2D eigenvalue weighted by molar-refractivity contribution is 7.98. The number of halogens is 4. The zero-order valence-corrected chi connectivity index (χ0v) is 30.8. The summed E-state index contributed by atoms with van der Waals surface area (Å²) in [6, 6.07) is 8.40. The first-order valence-corrected chi connectivity index (χ1v) is 19.5. The molecule has 51 heavy (non-hydrogen) atoms. The zero-order valence-electron chi connectivity index (χ0n) is 29.2. The van der Waals surface area contributed by atoms with Crippen molar-refractivity contribution in [2.24, 2.45) is 11.7 Å². The lowest BCUT2D eigenvalue weighted by Crippen LogP contribution is -2.44. The van der Waals surface area contributed by atoms with Crippen molar-refractivity contribution in [3.63, 3.8) is 0 Å². The molecule has 2 aromatic carbocycles. The van der Waals surface area contributed by atoms with Gasteiger partial charge < -0.3 is 16.0 Å². The molecule has 2 fully saturated rings. The number of fused-ring (bicyclic) bond motifs is 1. The second kappa shape index (κ2) is 16.6. The Hall–Kier alpha value is -3.32. The van der Waals surface area contributed by atoms with Gasteiger partial charge in [0.1, 0.15) is 11.5 Å². The summed E-state index contributed by atoms with van der Waals surface area (Å²) in [5.41, 5.74) is 8.46. The van der Waals surface area contributed by atoms with Gasteiger partial charge in [0.05, 0.1) is 28.9 Å². The van der Waals surface area contributed by atoms with Gasteiger partial charge in [0.2, 0.25) is 0 Å². The van der Waals surface area contributed by atoms with E-state index in [9.17, 15) is 9.18 Å². The SMILES string of the molecule is CSc1cc(-n2cc3cc(-c4cc(CCC[C@@H](N)C5CC5)cc(Cl)c4F)[nH]c3nc2=O)cc(F)c1[C@@H]1CCC[C@@H](CCNC(C)=N)N1CCCF. The quantitative estimate of drug-likeness (QED) is 0.0554. The molecule has 1 saturated heterocycles. The van der Waals surface area contributed by atoms with Crippen molar-refractivity contribution in [1.29, 1.82) is 5.41 Å². The molecule has 0 radical (unpaired) electrons. The minimum absolute atomic E-state index is 0.0195. The molecule has 4 aromatic rings. The van der Waals surface area contributed by atoms with E-state index in [0.717, 1.165) is 44.1 Å². The fourth-order valence-electron chi connectivity index (χ4n) is 7.58. The number of benzene rings is 2. The molecule has 2 aromatic heterocycles. The number of H-pyrrole nitrogens is 1. The third-order valence-corrected chi connectivity index (χ3v) is 11.4. The molecule has 5 N–H and O–H groups in total. The Morgan fingerprint density at radius 3 is 2.71 bits per heavy atom. The van der Waals surface area contributed by atoms with Crippen LogP contribution in [0.25, 0.3) is 28.0 Å². The number of aryl methyl sites for hydroxylation is 1. The summed E-state index contributed by atoms with van der Waals surface area (Å²) in [7, 11) is 0. The molecule has 1 aliphatic heterocycles. The van der Waals surface area contributed by atoms with Crippen LogP contribution in [-0.4, -0.2) is 63.4 Å². The minimum atomic E-state index is -0.606. The van der Waals surface area contributed by atoms with E-state index in [-0.39, 0.29) is 34.4 Å². The number of aromatic amines is 1. The number of nitrogens with one attached hydrogen (secondary N) is 3. The van der Waals surface area contributed by atoms with Gasteiger partial charge in [-0.15, -0.1) is 11.8 Å². The number of likely N-dealkylation sites (tertiary alicyclic amines) is 1. The summed E-state index contributed by atoms with van der Waals surface area (Å²) in [6.45, 7) is 2.37.